The van der Waals surface area contributed by atoms with Crippen molar-refractivity contribution in [3.05, 3.63) is 49.1 Å². The summed E-state index contributed by atoms with van der Waals surface area (Å²) in [6, 6.07) is 0. The Balaban J connectivity index is -0.000000134. The molecular formula is C32H66. The molecule has 2 atom stereocenters. The van der Waals surface area contributed by atoms with Crippen molar-refractivity contribution in [2.45, 2.75) is 147 Å². The van der Waals surface area contributed by atoms with Crippen molar-refractivity contribution in [1.82, 2.24) is 0 Å². The van der Waals surface area contributed by atoms with Crippen molar-refractivity contribution >= 4 is 0 Å². The highest BCUT2D eigenvalue weighted by Gasteiger charge is 1.99. The molecule has 0 rings (SSSR count). The molecule has 0 aliphatic rings. The summed E-state index contributed by atoms with van der Waals surface area (Å²) in [6.45, 7) is 30.8. The van der Waals surface area contributed by atoms with E-state index in [9.17, 15) is 0 Å². The molecular weight excluding hydrogens is 384 g/mol. The van der Waals surface area contributed by atoms with Crippen LogP contribution in [0.5, 0.6) is 0 Å². The lowest BCUT2D eigenvalue weighted by atomic mass is 9.99. The molecule has 0 unspecified atom stereocenters. The van der Waals surface area contributed by atoms with Gasteiger partial charge in [-0.05, 0) is 51.4 Å². The van der Waals surface area contributed by atoms with Gasteiger partial charge in [-0.2, -0.15) is 0 Å². The summed E-state index contributed by atoms with van der Waals surface area (Å²) in [5, 5.41) is 0. The maximum Gasteiger partial charge on any atom is -0.0228 e. The highest BCUT2D eigenvalue weighted by molar-refractivity contribution is 4.93. The van der Waals surface area contributed by atoms with E-state index in [1.54, 1.807) is 0 Å². The Labute approximate surface area is 207 Å². The third kappa shape index (κ3) is 56.8. The predicted molar refractivity (Wildman–Crippen MR) is 158 cm³/mol. The van der Waals surface area contributed by atoms with E-state index in [2.05, 4.69) is 79.0 Å². The van der Waals surface area contributed by atoms with Crippen molar-refractivity contribution in [3.8, 4) is 0 Å². The highest BCUT2D eigenvalue weighted by Crippen LogP contribution is 2.15. The molecule has 0 N–H and O–H groups in total. The van der Waals surface area contributed by atoms with E-state index in [1.807, 2.05) is 40.7 Å². The maximum absolute atomic E-state index is 3.92. The third-order valence-electron chi connectivity index (χ3n) is 4.30. The standard InChI is InChI=1S/C17H32.C8H14.C3H8.2C2H6/c1-5-6-7-8-11-14-17(4)15-12-9-10-13-16(2)3;1-4-6-8(3)7-5-2;1-3-2;2*1-2/h9,12,17H,2,5-8,10-11,13-15H2,1,3-4H3;4-5,7-8H,1,6H2,2-3H3;3H2,1-2H3;2*1-2H3/b12-9+;7-5+;;;/t17-;8-;;;/m10.../s1. The number of rotatable bonds is 14. The quantitative estimate of drug-likeness (QED) is 0.182. The fraction of sp³-hybridized carbons (Fsp3) is 0.750. The highest BCUT2D eigenvalue weighted by atomic mass is 14.0. The van der Waals surface area contributed by atoms with E-state index < -0.39 is 0 Å². The van der Waals surface area contributed by atoms with Gasteiger partial charge in [-0.3, -0.25) is 0 Å². The molecule has 32 heavy (non-hydrogen) atoms. The molecule has 0 aromatic carbocycles. The molecule has 0 radical (unpaired) electrons. The van der Waals surface area contributed by atoms with E-state index in [0.717, 1.165) is 18.8 Å². The minimum Gasteiger partial charge on any atom is -0.103 e. The first-order chi connectivity index (χ1) is 15.4. The summed E-state index contributed by atoms with van der Waals surface area (Å²) < 4.78 is 0. The molecule has 0 aliphatic heterocycles. The lowest BCUT2D eigenvalue weighted by Gasteiger charge is -2.08. The van der Waals surface area contributed by atoms with Crippen molar-refractivity contribution in [2.75, 3.05) is 0 Å². The summed E-state index contributed by atoms with van der Waals surface area (Å²) in [7, 11) is 0. The Hall–Kier alpha value is -1.04. The van der Waals surface area contributed by atoms with E-state index in [4.69, 9.17) is 0 Å². The summed E-state index contributed by atoms with van der Waals surface area (Å²) in [4.78, 5) is 0. The summed E-state index contributed by atoms with van der Waals surface area (Å²) in [5.41, 5.74) is 1.29. The fourth-order valence-corrected chi connectivity index (χ4v) is 2.66. The van der Waals surface area contributed by atoms with Crippen LogP contribution in [0, 0.1) is 11.8 Å². The largest absolute Gasteiger partial charge is 0.103 e. The van der Waals surface area contributed by atoms with Gasteiger partial charge in [0.25, 0.3) is 0 Å². The van der Waals surface area contributed by atoms with Crippen LogP contribution >= 0.6 is 0 Å². The Morgan fingerprint density at radius 2 is 1.38 bits per heavy atom. The van der Waals surface area contributed by atoms with Crippen LogP contribution in [-0.4, -0.2) is 0 Å². The monoisotopic (exact) mass is 451 g/mol. The van der Waals surface area contributed by atoms with Gasteiger partial charge in [0.1, 0.15) is 0 Å². The van der Waals surface area contributed by atoms with Crippen LogP contribution in [0.1, 0.15) is 147 Å². The average Bonchev–Trinajstić information content (AvgIpc) is 2.77. The molecule has 0 heteroatoms. The minimum absolute atomic E-state index is 0.664. The molecule has 0 heterocycles. The summed E-state index contributed by atoms with van der Waals surface area (Å²) in [5.74, 6) is 1.52. The Morgan fingerprint density at radius 3 is 1.81 bits per heavy atom. The fourth-order valence-electron chi connectivity index (χ4n) is 2.66. The first kappa shape index (κ1) is 41.2. The van der Waals surface area contributed by atoms with Gasteiger partial charge < -0.3 is 0 Å². The third-order valence-corrected chi connectivity index (χ3v) is 4.30. The molecule has 0 saturated carbocycles. The predicted octanol–water partition coefficient (Wildman–Crippen LogP) is 12.5. The Bertz CT molecular complexity index is 358. The van der Waals surface area contributed by atoms with Crippen molar-refractivity contribution < 1.29 is 0 Å². The smallest absolute Gasteiger partial charge is 0.0228 e. The van der Waals surface area contributed by atoms with Gasteiger partial charge in [0.2, 0.25) is 0 Å². The molecule has 0 aromatic heterocycles. The topological polar surface area (TPSA) is 0 Å². The normalized spacial score (nSPS) is 11.5. The van der Waals surface area contributed by atoms with Gasteiger partial charge in [0.15, 0.2) is 0 Å². The van der Waals surface area contributed by atoms with Gasteiger partial charge in [0, 0.05) is 0 Å². The van der Waals surface area contributed by atoms with Gasteiger partial charge in [0.05, 0.1) is 0 Å². The van der Waals surface area contributed by atoms with E-state index in [1.165, 1.54) is 63.4 Å². The van der Waals surface area contributed by atoms with Crippen LogP contribution in [-0.2, 0) is 0 Å². The summed E-state index contributed by atoms with van der Waals surface area (Å²) in [6.07, 6.45) is 25.2. The molecule has 0 fully saturated rings. The number of unbranched alkanes of at least 4 members (excludes halogenated alkanes) is 4. The van der Waals surface area contributed by atoms with Crippen LogP contribution in [0.25, 0.3) is 0 Å². The van der Waals surface area contributed by atoms with Gasteiger partial charge in [-0.25, -0.2) is 0 Å². The van der Waals surface area contributed by atoms with Crippen LogP contribution in [0.4, 0.5) is 0 Å². The first-order valence-corrected chi connectivity index (χ1v) is 13.9. The van der Waals surface area contributed by atoms with E-state index in [0.29, 0.717) is 5.92 Å². The van der Waals surface area contributed by atoms with Crippen molar-refractivity contribution in [2.24, 2.45) is 11.8 Å². The van der Waals surface area contributed by atoms with E-state index in [-0.39, 0.29) is 0 Å². The zero-order chi connectivity index (χ0) is 26.0. The maximum atomic E-state index is 3.92. The second-order valence-electron chi connectivity index (χ2n) is 8.25. The summed E-state index contributed by atoms with van der Waals surface area (Å²) >= 11 is 0. The zero-order valence-corrected chi connectivity index (χ0v) is 24.7. The lowest BCUT2D eigenvalue weighted by molar-refractivity contribution is 0.489. The second kappa shape index (κ2) is 43.8. The van der Waals surface area contributed by atoms with Crippen LogP contribution < -0.4 is 0 Å². The first-order valence-electron chi connectivity index (χ1n) is 13.9. The molecule has 0 saturated heterocycles. The molecule has 0 spiro atoms. The van der Waals surface area contributed by atoms with Crippen molar-refractivity contribution in [3.63, 3.8) is 0 Å². The Morgan fingerprint density at radius 1 is 0.844 bits per heavy atom. The van der Waals surface area contributed by atoms with Gasteiger partial charge in [-0.15, -0.1) is 13.2 Å². The molecule has 0 aliphatic carbocycles. The Kier molecular flexibility index (Phi) is 56.4. The van der Waals surface area contributed by atoms with Gasteiger partial charge >= 0.3 is 0 Å². The van der Waals surface area contributed by atoms with Crippen molar-refractivity contribution in [1.29, 1.82) is 0 Å². The molecule has 0 bridgehead atoms. The number of hydrogen-bond acceptors (Lipinski definition) is 0. The molecule has 194 valence electrons. The van der Waals surface area contributed by atoms with Gasteiger partial charge in [-0.1, -0.05) is 143 Å². The van der Waals surface area contributed by atoms with Crippen LogP contribution in [0.15, 0.2) is 49.1 Å². The van der Waals surface area contributed by atoms with Crippen LogP contribution in [0.3, 0.4) is 0 Å². The SMILES string of the molecule is C=C(C)CC/C=C/C[C@H](C)CCCCCCC.C=CC[C@H](C)/C=C/C.CC.CC.CCC. The average molecular weight is 451 g/mol. The second-order valence-corrected chi connectivity index (χ2v) is 8.25. The lowest BCUT2D eigenvalue weighted by Crippen LogP contribution is -1.92. The number of hydrogen-bond donors (Lipinski definition) is 0. The zero-order valence-electron chi connectivity index (χ0n) is 24.7. The molecule has 0 aromatic rings. The molecule has 0 nitrogen and oxygen atoms in total. The van der Waals surface area contributed by atoms with Crippen LogP contribution in [0.2, 0.25) is 0 Å². The molecule has 0 amide bonds. The van der Waals surface area contributed by atoms with E-state index >= 15 is 0 Å². The minimum atomic E-state index is 0.664. The number of allylic oxidation sites excluding steroid dienone is 6.